The van der Waals surface area contributed by atoms with Crippen molar-refractivity contribution in [2.24, 2.45) is 0 Å². The Bertz CT molecular complexity index is 883. The molecule has 1 unspecified atom stereocenters. The minimum absolute atomic E-state index is 0.0731. The van der Waals surface area contributed by atoms with Crippen LogP contribution in [0, 0.1) is 0 Å². The topological polar surface area (TPSA) is 75.3 Å². The third-order valence-corrected chi connectivity index (χ3v) is 4.75. The Labute approximate surface area is 160 Å². The highest BCUT2D eigenvalue weighted by atomic mass is 35.5. The predicted octanol–water partition coefficient (Wildman–Crippen LogP) is 3.64. The monoisotopic (exact) mass is 390 g/mol. The molecule has 2 N–H and O–H groups in total. The molecule has 0 saturated heterocycles. The van der Waals surface area contributed by atoms with Crippen LogP contribution in [0.2, 0.25) is 10.0 Å². The van der Waals surface area contributed by atoms with Crippen molar-refractivity contribution < 1.29 is 14.4 Å². The smallest absolute Gasteiger partial charge is 0.247 e. The van der Waals surface area contributed by atoms with Crippen molar-refractivity contribution in [1.82, 2.24) is 5.32 Å². The maximum atomic E-state index is 12.3. The van der Waals surface area contributed by atoms with Crippen molar-refractivity contribution >= 4 is 46.5 Å². The molecule has 0 fully saturated rings. The first kappa shape index (κ1) is 18.4. The molecule has 0 aliphatic carbocycles. The first-order valence-corrected chi connectivity index (χ1v) is 8.86. The second kappa shape index (κ2) is 7.89. The number of rotatable bonds is 4. The van der Waals surface area contributed by atoms with Gasteiger partial charge in [0.2, 0.25) is 11.8 Å². The lowest BCUT2D eigenvalue weighted by molar-refractivity contribution is -0.126. The Hall–Kier alpha value is -2.37. The van der Waals surface area contributed by atoms with Crippen molar-refractivity contribution in [3.63, 3.8) is 0 Å². The zero-order chi connectivity index (χ0) is 18.7. The number of carbonyl (C=O) groups excluding carboxylic acids is 3. The van der Waals surface area contributed by atoms with E-state index in [2.05, 4.69) is 10.6 Å². The summed E-state index contributed by atoms with van der Waals surface area (Å²) in [5.41, 5.74) is 1.71. The van der Waals surface area contributed by atoms with Crippen LogP contribution in [0.15, 0.2) is 42.5 Å². The molecule has 26 heavy (non-hydrogen) atoms. The first-order chi connectivity index (χ1) is 12.4. The summed E-state index contributed by atoms with van der Waals surface area (Å²) in [5.74, 6) is -0.916. The summed E-state index contributed by atoms with van der Waals surface area (Å²) in [7, 11) is 0. The number of anilines is 1. The molecular weight excluding hydrogens is 375 g/mol. The zero-order valence-corrected chi connectivity index (χ0v) is 15.2. The fourth-order valence-corrected chi connectivity index (χ4v) is 3.30. The molecule has 0 saturated carbocycles. The Kier molecular flexibility index (Phi) is 5.59. The number of carbonyl (C=O) groups is 3. The molecule has 134 valence electrons. The Morgan fingerprint density at radius 2 is 1.92 bits per heavy atom. The number of hydrogen-bond acceptors (Lipinski definition) is 3. The van der Waals surface area contributed by atoms with Crippen LogP contribution >= 0.6 is 23.2 Å². The van der Waals surface area contributed by atoms with E-state index in [-0.39, 0.29) is 24.5 Å². The highest BCUT2D eigenvalue weighted by molar-refractivity contribution is 6.35. The van der Waals surface area contributed by atoms with E-state index < -0.39 is 11.9 Å². The third kappa shape index (κ3) is 4.23. The maximum Gasteiger partial charge on any atom is 0.247 e. The summed E-state index contributed by atoms with van der Waals surface area (Å²) < 4.78 is 0. The molecule has 5 nitrogen and oxygen atoms in total. The van der Waals surface area contributed by atoms with E-state index in [9.17, 15) is 14.4 Å². The number of nitrogens with one attached hydrogen (secondary N) is 2. The van der Waals surface area contributed by atoms with E-state index in [1.807, 2.05) is 0 Å². The van der Waals surface area contributed by atoms with Crippen molar-refractivity contribution in [3.05, 3.63) is 63.6 Å². The van der Waals surface area contributed by atoms with E-state index in [0.29, 0.717) is 27.7 Å². The number of halogens is 2. The standard InChI is InChI=1S/C19H16Cl2N2O3/c20-12-7-5-11(14(21)9-12)6-8-18(25)22-16-10-17(24)13-3-1-2-4-15(13)23-19(16)26/h1-5,7,9,16H,6,8,10H2,(H,22,25)(H,23,26). The Balaban J connectivity index is 1.62. The van der Waals surface area contributed by atoms with Gasteiger partial charge in [-0.05, 0) is 36.2 Å². The van der Waals surface area contributed by atoms with Gasteiger partial charge in [0.15, 0.2) is 5.78 Å². The fraction of sp³-hybridized carbons (Fsp3) is 0.211. The van der Waals surface area contributed by atoms with Gasteiger partial charge in [0.25, 0.3) is 0 Å². The predicted molar refractivity (Wildman–Crippen MR) is 101 cm³/mol. The van der Waals surface area contributed by atoms with E-state index in [1.54, 1.807) is 42.5 Å². The van der Waals surface area contributed by atoms with Crippen LogP contribution < -0.4 is 10.6 Å². The van der Waals surface area contributed by atoms with Gasteiger partial charge in [0, 0.05) is 28.5 Å². The Morgan fingerprint density at radius 1 is 1.15 bits per heavy atom. The largest absolute Gasteiger partial charge is 0.344 e. The van der Waals surface area contributed by atoms with Gasteiger partial charge in [0.1, 0.15) is 6.04 Å². The van der Waals surface area contributed by atoms with Gasteiger partial charge in [-0.3, -0.25) is 14.4 Å². The van der Waals surface area contributed by atoms with Crippen molar-refractivity contribution in [2.75, 3.05) is 5.32 Å². The lowest BCUT2D eigenvalue weighted by Crippen LogP contribution is -2.43. The molecular formula is C19H16Cl2N2O3. The molecule has 2 aromatic carbocycles. The number of fused-ring (bicyclic) bond motifs is 1. The van der Waals surface area contributed by atoms with Crippen molar-refractivity contribution in [2.45, 2.75) is 25.3 Å². The summed E-state index contributed by atoms with van der Waals surface area (Å²) in [6.07, 6.45) is 0.479. The van der Waals surface area contributed by atoms with Crippen LogP contribution in [0.25, 0.3) is 0 Å². The lowest BCUT2D eigenvalue weighted by Gasteiger charge is -2.15. The Morgan fingerprint density at radius 3 is 2.69 bits per heavy atom. The van der Waals surface area contributed by atoms with Crippen LogP contribution in [-0.4, -0.2) is 23.6 Å². The average molecular weight is 391 g/mol. The summed E-state index contributed by atoms with van der Waals surface area (Å²) in [5, 5.41) is 6.33. The van der Waals surface area contributed by atoms with Gasteiger partial charge in [0.05, 0.1) is 5.69 Å². The minimum atomic E-state index is -0.900. The van der Waals surface area contributed by atoms with Gasteiger partial charge in [-0.2, -0.15) is 0 Å². The lowest BCUT2D eigenvalue weighted by atomic mass is 10.0. The fourth-order valence-electron chi connectivity index (χ4n) is 2.80. The second-order valence-electron chi connectivity index (χ2n) is 6.02. The zero-order valence-electron chi connectivity index (χ0n) is 13.7. The van der Waals surface area contributed by atoms with Gasteiger partial charge in [-0.25, -0.2) is 0 Å². The number of amides is 2. The van der Waals surface area contributed by atoms with E-state index in [0.717, 1.165) is 5.56 Å². The quantitative estimate of drug-likeness (QED) is 0.836. The molecule has 0 spiro atoms. The second-order valence-corrected chi connectivity index (χ2v) is 6.86. The van der Waals surface area contributed by atoms with Gasteiger partial charge in [-0.1, -0.05) is 41.4 Å². The van der Waals surface area contributed by atoms with Crippen LogP contribution in [0.3, 0.4) is 0 Å². The summed E-state index contributed by atoms with van der Waals surface area (Å²) in [6, 6.07) is 11.0. The first-order valence-electron chi connectivity index (χ1n) is 8.10. The molecule has 2 amide bonds. The van der Waals surface area contributed by atoms with E-state index in [1.165, 1.54) is 0 Å². The van der Waals surface area contributed by atoms with Crippen LogP contribution in [-0.2, 0) is 16.0 Å². The molecule has 0 aromatic heterocycles. The molecule has 0 radical (unpaired) electrons. The normalized spacial score (nSPS) is 16.5. The average Bonchev–Trinajstić information content (AvgIpc) is 2.71. The third-order valence-electron chi connectivity index (χ3n) is 4.16. The van der Waals surface area contributed by atoms with E-state index in [4.69, 9.17) is 23.2 Å². The number of para-hydroxylation sites is 1. The number of benzene rings is 2. The number of hydrogen-bond donors (Lipinski definition) is 2. The molecule has 0 bridgehead atoms. The minimum Gasteiger partial charge on any atom is -0.344 e. The summed E-state index contributed by atoms with van der Waals surface area (Å²) in [6.45, 7) is 0. The molecule has 1 atom stereocenters. The number of ketones is 1. The molecule has 1 heterocycles. The summed E-state index contributed by atoms with van der Waals surface area (Å²) >= 11 is 11.9. The van der Waals surface area contributed by atoms with Gasteiger partial charge in [-0.15, -0.1) is 0 Å². The molecule has 1 aliphatic heterocycles. The maximum absolute atomic E-state index is 12.3. The van der Waals surface area contributed by atoms with Crippen molar-refractivity contribution in [1.29, 1.82) is 0 Å². The molecule has 3 rings (SSSR count). The van der Waals surface area contributed by atoms with Crippen LogP contribution in [0.4, 0.5) is 5.69 Å². The van der Waals surface area contributed by atoms with Crippen LogP contribution in [0.1, 0.15) is 28.8 Å². The number of aryl methyl sites for hydroxylation is 1. The van der Waals surface area contributed by atoms with E-state index >= 15 is 0 Å². The number of Topliss-reactive ketones (excluding diaryl/α,β-unsaturated/α-hetero) is 1. The SMILES string of the molecule is O=C(CCc1ccc(Cl)cc1Cl)NC1CC(=O)c2ccccc2NC1=O. The highest BCUT2D eigenvalue weighted by Gasteiger charge is 2.29. The van der Waals surface area contributed by atoms with Gasteiger partial charge < -0.3 is 10.6 Å². The highest BCUT2D eigenvalue weighted by Crippen LogP contribution is 2.23. The van der Waals surface area contributed by atoms with Crippen molar-refractivity contribution in [3.8, 4) is 0 Å². The molecule has 7 heteroatoms. The van der Waals surface area contributed by atoms with Crippen LogP contribution in [0.5, 0.6) is 0 Å². The molecule has 1 aliphatic rings. The van der Waals surface area contributed by atoms with Gasteiger partial charge >= 0.3 is 0 Å². The summed E-state index contributed by atoms with van der Waals surface area (Å²) in [4.78, 5) is 36.9. The molecule has 2 aromatic rings.